The molecule has 0 radical (unpaired) electrons. The van der Waals surface area contributed by atoms with Crippen molar-refractivity contribution in [3.8, 4) is 0 Å². The molecule has 0 bridgehead atoms. The Hall–Kier alpha value is -2.51. The maximum absolute atomic E-state index is 13.9. The maximum atomic E-state index is 13.9. The first-order chi connectivity index (χ1) is 15.4. The number of hydrogen-bond acceptors (Lipinski definition) is 3. The Morgan fingerprint density at radius 1 is 1.06 bits per heavy atom. The minimum Gasteiger partial charge on any atom is -0.323 e. The third-order valence-corrected chi connectivity index (χ3v) is 8.26. The average Bonchev–Trinajstić information content (AvgIpc) is 3.10. The number of likely N-dealkylation sites (tertiary alicyclic amines) is 2. The first-order valence-electron chi connectivity index (χ1n) is 11.7. The minimum atomic E-state index is -0.529. The highest BCUT2D eigenvalue weighted by atomic mass is 19.1. The van der Waals surface area contributed by atoms with Gasteiger partial charge in [0.2, 0.25) is 0 Å². The zero-order valence-electron chi connectivity index (χ0n) is 18.4. The largest absolute Gasteiger partial charge is 0.323 e. The highest BCUT2D eigenvalue weighted by Gasteiger charge is 2.58. The molecule has 4 aliphatic rings. The fourth-order valence-electron chi connectivity index (χ4n) is 6.77. The van der Waals surface area contributed by atoms with Gasteiger partial charge in [-0.05, 0) is 49.7 Å². The van der Waals surface area contributed by atoms with E-state index in [1.807, 2.05) is 9.80 Å². The number of carbonyl (C=O) groups excluding carboxylic acids is 1. The van der Waals surface area contributed by atoms with Crippen LogP contribution in [0.2, 0.25) is 0 Å². The lowest BCUT2D eigenvalue weighted by Crippen LogP contribution is -2.71. The number of rotatable bonds is 4. The maximum Gasteiger partial charge on any atom is 0.320 e. The van der Waals surface area contributed by atoms with E-state index in [0.29, 0.717) is 23.9 Å². The number of aryl methyl sites for hydroxylation is 1. The molecule has 2 spiro atoms. The van der Waals surface area contributed by atoms with E-state index in [1.165, 1.54) is 6.07 Å². The molecule has 0 atom stereocenters. The summed E-state index contributed by atoms with van der Waals surface area (Å²) in [5.41, 5.74) is 1.10. The van der Waals surface area contributed by atoms with Gasteiger partial charge in [-0.15, -0.1) is 0 Å². The van der Waals surface area contributed by atoms with Gasteiger partial charge in [-0.1, -0.05) is 13.0 Å². The van der Waals surface area contributed by atoms with Crippen molar-refractivity contribution in [1.82, 2.24) is 24.6 Å². The van der Waals surface area contributed by atoms with Gasteiger partial charge in [0.15, 0.2) is 0 Å². The van der Waals surface area contributed by atoms with E-state index in [0.717, 1.165) is 70.2 Å². The van der Waals surface area contributed by atoms with E-state index in [1.54, 1.807) is 12.4 Å². The lowest BCUT2D eigenvalue weighted by molar-refractivity contribution is -0.107. The summed E-state index contributed by atoms with van der Waals surface area (Å²) in [5.74, 6) is 0.495. The Labute approximate surface area is 186 Å². The van der Waals surface area contributed by atoms with Crippen LogP contribution in [0.3, 0.4) is 0 Å². The smallest absolute Gasteiger partial charge is 0.320 e. The highest BCUT2D eigenvalue weighted by molar-refractivity contribution is 5.77. The highest BCUT2D eigenvalue weighted by Crippen LogP contribution is 2.56. The van der Waals surface area contributed by atoms with Crippen LogP contribution in [0.15, 0.2) is 24.5 Å². The lowest BCUT2D eigenvalue weighted by Gasteiger charge is -2.63. The normalized spacial score (nSPS) is 23.6. The summed E-state index contributed by atoms with van der Waals surface area (Å²) in [4.78, 5) is 21.2. The van der Waals surface area contributed by atoms with Crippen molar-refractivity contribution in [1.29, 1.82) is 0 Å². The molecule has 6 nitrogen and oxygen atoms in total. The van der Waals surface area contributed by atoms with Gasteiger partial charge in [-0.3, -0.25) is 0 Å². The third kappa shape index (κ3) is 3.13. The van der Waals surface area contributed by atoms with Gasteiger partial charge in [0.25, 0.3) is 0 Å². The first-order valence-corrected chi connectivity index (χ1v) is 11.7. The molecule has 3 heterocycles. The molecule has 1 aromatic carbocycles. The van der Waals surface area contributed by atoms with Crippen LogP contribution in [0.4, 0.5) is 13.6 Å². The summed E-state index contributed by atoms with van der Waals surface area (Å²) in [7, 11) is 0. The van der Waals surface area contributed by atoms with Gasteiger partial charge in [0.1, 0.15) is 23.8 Å². The van der Waals surface area contributed by atoms with Crippen molar-refractivity contribution in [3.05, 3.63) is 47.5 Å². The fraction of sp³-hybridized carbons (Fsp3) is 0.625. The molecule has 2 aliphatic carbocycles. The lowest BCUT2D eigenvalue weighted by atomic mass is 9.56. The molecule has 8 heteroatoms. The third-order valence-electron chi connectivity index (χ3n) is 8.26. The topological polar surface area (TPSA) is 54.3 Å². The van der Waals surface area contributed by atoms with E-state index in [4.69, 9.17) is 0 Å². The van der Waals surface area contributed by atoms with E-state index < -0.39 is 11.6 Å². The number of urea groups is 1. The predicted octanol–water partition coefficient (Wildman–Crippen LogP) is 3.83. The van der Waals surface area contributed by atoms with Gasteiger partial charge >= 0.3 is 6.03 Å². The summed E-state index contributed by atoms with van der Waals surface area (Å²) < 4.78 is 29.0. The molecule has 2 saturated carbocycles. The Morgan fingerprint density at radius 2 is 1.72 bits per heavy atom. The Bertz CT molecular complexity index is 1040. The zero-order valence-corrected chi connectivity index (χ0v) is 18.4. The van der Waals surface area contributed by atoms with Crippen LogP contribution in [0.25, 0.3) is 0 Å². The second-order valence-corrected chi connectivity index (χ2v) is 10.7. The Morgan fingerprint density at radius 3 is 2.34 bits per heavy atom. The van der Waals surface area contributed by atoms with Gasteiger partial charge < -0.3 is 9.80 Å². The molecule has 170 valence electrons. The summed E-state index contributed by atoms with van der Waals surface area (Å²) in [6.07, 6.45) is 7.40. The van der Waals surface area contributed by atoms with Crippen LogP contribution in [0.5, 0.6) is 0 Å². The molecule has 6 rings (SSSR count). The molecule has 2 amide bonds. The number of aromatic nitrogens is 3. The molecule has 2 saturated heterocycles. The fourth-order valence-corrected chi connectivity index (χ4v) is 6.77. The molecule has 2 aliphatic heterocycles. The minimum absolute atomic E-state index is 0.174. The van der Waals surface area contributed by atoms with Crippen LogP contribution < -0.4 is 0 Å². The monoisotopic (exact) mass is 441 g/mol. The van der Waals surface area contributed by atoms with Crippen molar-refractivity contribution >= 4 is 6.03 Å². The van der Waals surface area contributed by atoms with Crippen LogP contribution in [-0.2, 0) is 12.8 Å². The number of benzene rings is 1. The quantitative estimate of drug-likeness (QED) is 0.725. The summed E-state index contributed by atoms with van der Waals surface area (Å²) in [6, 6.07) is 4.45. The molecule has 0 N–H and O–H groups in total. The van der Waals surface area contributed by atoms with Crippen LogP contribution in [0, 0.1) is 28.4 Å². The van der Waals surface area contributed by atoms with E-state index in [2.05, 4.69) is 21.7 Å². The Balaban J connectivity index is 0.946. The van der Waals surface area contributed by atoms with Crippen molar-refractivity contribution in [2.45, 2.75) is 51.5 Å². The average molecular weight is 442 g/mol. The second kappa shape index (κ2) is 6.99. The van der Waals surface area contributed by atoms with Crippen molar-refractivity contribution in [2.75, 3.05) is 26.2 Å². The van der Waals surface area contributed by atoms with Crippen molar-refractivity contribution in [3.63, 3.8) is 0 Å². The zero-order chi connectivity index (χ0) is 22.1. The predicted molar refractivity (Wildman–Crippen MR) is 114 cm³/mol. The van der Waals surface area contributed by atoms with Gasteiger partial charge in [-0.2, -0.15) is 5.10 Å². The van der Waals surface area contributed by atoms with E-state index in [-0.39, 0.29) is 16.9 Å². The molecule has 32 heavy (non-hydrogen) atoms. The molecule has 1 aromatic heterocycles. The standard InChI is InChI=1S/C24H29F2N5O/c1-2-21-27-15-28-31(21)19-9-24(10-19)13-30(14-24)22(32)29-11-23(12-29)7-16(8-23)5-17-3-4-18(25)6-20(17)26/h3-4,6,15-16,19H,2,5,7-14H2,1H3. The SMILES string of the molecule is CCc1ncnn1C1CC2(C1)CN(C(=O)N1CC3(CC(Cc4ccc(F)cc4F)C3)C1)C2. The van der Waals surface area contributed by atoms with E-state index >= 15 is 0 Å². The summed E-state index contributed by atoms with van der Waals surface area (Å²) in [6.45, 7) is 5.45. The second-order valence-electron chi connectivity index (χ2n) is 10.7. The number of carbonyl (C=O) groups is 1. The van der Waals surface area contributed by atoms with Gasteiger partial charge in [-0.25, -0.2) is 23.2 Å². The van der Waals surface area contributed by atoms with Crippen LogP contribution >= 0.6 is 0 Å². The molecule has 0 unspecified atom stereocenters. The number of amides is 2. The number of hydrogen-bond donors (Lipinski definition) is 0. The number of halogens is 2. The van der Waals surface area contributed by atoms with Gasteiger partial charge in [0, 0.05) is 49.5 Å². The summed E-state index contributed by atoms with van der Waals surface area (Å²) >= 11 is 0. The van der Waals surface area contributed by atoms with Crippen molar-refractivity contribution < 1.29 is 13.6 Å². The van der Waals surface area contributed by atoms with Crippen LogP contribution in [-0.4, -0.2) is 56.8 Å². The molecular formula is C24H29F2N5O. The van der Waals surface area contributed by atoms with Gasteiger partial charge in [0.05, 0.1) is 6.04 Å². The molecular weight excluding hydrogens is 412 g/mol. The summed E-state index contributed by atoms with van der Waals surface area (Å²) in [5, 5.41) is 4.39. The molecule has 4 fully saturated rings. The Kier molecular flexibility index (Phi) is 4.40. The van der Waals surface area contributed by atoms with E-state index in [9.17, 15) is 13.6 Å². The first kappa shape index (κ1) is 20.1. The van der Waals surface area contributed by atoms with Crippen molar-refractivity contribution in [2.24, 2.45) is 16.7 Å². The molecule has 2 aromatic rings. The van der Waals surface area contributed by atoms with Crippen LogP contribution in [0.1, 0.15) is 50.0 Å². The number of nitrogens with zero attached hydrogens (tertiary/aromatic N) is 5.